The van der Waals surface area contributed by atoms with E-state index in [-0.39, 0.29) is 17.2 Å². The lowest BCUT2D eigenvalue weighted by Crippen LogP contribution is -2.13. The molecule has 2 rings (SSSR count). The molecule has 0 saturated carbocycles. The molecule has 0 radical (unpaired) electrons. The van der Waals surface area contributed by atoms with Crippen molar-refractivity contribution in [2.45, 2.75) is 20.8 Å². The van der Waals surface area contributed by atoms with Gasteiger partial charge in [-0.2, -0.15) is 0 Å². The fraction of sp³-hybridized carbons (Fsp3) is 0.263. The van der Waals surface area contributed by atoms with Gasteiger partial charge in [-0.05, 0) is 48.7 Å². The van der Waals surface area contributed by atoms with E-state index in [0.29, 0.717) is 17.2 Å². The minimum absolute atomic E-state index is 0.241. The van der Waals surface area contributed by atoms with Gasteiger partial charge >= 0.3 is 11.9 Å². The number of ether oxygens (including phenoxy) is 2. The van der Waals surface area contributed by atoms with E-state index in [9.17, 15) is 9.59 Å². The number of benzene rings is 2. The van der Waals surface area contributed by atoms with Gasteiger partial charge in [-0.1, -0.05) is 37.6 Å². The lowest BCUT2D eigenvalue weighted by atomic mass is 10.1. The average Bonchev–Trinajstić information content (AvgIpc) is 2.56. The summed E-state index contributed by atoms with van der Waals surface area (Å²) in [4.78, 5) is 24.3. The van der Waals surface area contributed by atoms with Crippen molar-refractivity contribution in [2.75, 3.05) is 6.61 Å². The summed E-state index contributed by atoms with van der Waals surface area (Å²) in [5, 5.41) is 0.349. The number of halogens is 1. The van der Waals surface area contributed by atoms with Crippen molar-refractivity contribution in [2.24, 2.45) is 5.92 Å². The number of rotatable bonds is 5. The Morgan fingerprint density at radius 1 is 1.04 bits per heavy atom. The van der Waals surface area contributed by atoms with Gasteiger partial charge < -0.3 is 9.47 Å². The van der Waals surface area contributed by atoms with Crippen LogP contribution >= 0.6 is 11.6 Å². The molecule has 0 aliphatic carbocycles. The lowest BCUT2D eigenvalue weighted by Gasteiger charge is -2.09. The molecule has 5 heteroatoms. The van der Waals surface area contributed by atoms with Crippen molar-refractivity contribution in [3.8, 4) is 5.75 Å². The summed E-state index contributed by atoms with van der Waals surface area (Å²) in [6.45, 7) is 6.10. The van der Waals surface area contributed by atoms with E-state index >= 15 is 0 Å². The van der Waals surface area contributed by atoms with Crippen LogP contribution in [0.1, 0.15) is 40.1 Å². The van der Waals surface area contributed by atoms with Gasteiger partial charge in [0.1, 0.15) is 5.75 Å². The van der Waals surface area contributed by atoms with Gasteiger partial charge in [-0.25, -0.2) is 9.59 Å². The molecule has 0 unspecified atom stereocenters. The number of carbonyl (C=O) groups is 2. The van der Waals surface area contributed by atoms with E-state index in [1.54, 1.807) is 30.3 Å². The summed E-state index contributed by atoms with van der Waals surface area (Å²) >= 11 is 6.03. The van der Waals surface area contributed by atoms with Gasteiger partial charge in [0.2, 0.25) is 0 Å². The Morgan fingerprint density at radius 3 is 2.38 bits per heavy atom. The molecule has 2 aromatic carbocycles. The smallest absolute Gasteiger partial charge is 0.343 e. The van der Waals surface area contributed by atoms with Crippen LogP contribution in [0.2, 0.25) is 5.02 Å². The molecule has 0 bridgehead atoms. The molecule has 0 aliphatic heterocycles. The molecular weight excluding hydrogens is 328 g/mol. The highest BCUT2D eigenvalue weighted by atomic mass is 35.5. The number of esters is 2. The third-order valence-electron chi connectivity index (χ3n) is 3.17. The van der Waals surface area contributed by atoms with Gasteiger partial charge in [-0.15, -0.1) is 0 Å². The van der Waals surface area contributed by atoms with Crippen LogP contribution in [-0.4, -0.2) is 18.5 Å². The Kier molecular flexibility index (Phi) is 5.99. The van der Waals surface area contributed by atoms with Crippen molar-refractivity contribution in [3.05, 3.63) is 64.2 Å². The van der Waals surface area contributed by atoms with E-state index in [2.05, 4.69) is 0 Å². The summed E-state index contributed by atoms with van der Waals surface area (Å²) in [5.41, 5.74) is 1.49. The minimum Gasteiger partial charge on any atom is -0.462 e. The van der Waals surface area contributed by atoms with Crippen molar-refractivity contribution < 1.29 is 19.1 Å². The minimum atomic E-state index is -0.582. The van der Waals surface area contributed by atoms with Crippen LogP contribution in [0, 0.1) is 12.8 Å². The molecule has 4 nitrogen and oxygen atoms in total. The molecule has 0 aromatic heterocycles. The van der Waals surface area contributed by atoms with Crippen molar-refractivity contribution >= 4 is 23.5 Å². The highest BCUT2D eigenvalue weighted by molar-refractivity contribution is 6.32. The molecule has 0 N–H and O–H groups in total. The average molecular weight is 347 g/mol. The normalized spacial score (nSPS) is 10.5. The SMILES string of the molecule is Cc1ccc(Cl)c(OC(=O)c2cccc(C(=O)OCC(C)C)c2)c1. The Labute approximate surface area is 146 Å². The predicted octanol–water partition coefficient (Wildman–Crippen LogP) is 4.68. The molecule has 0 atom stereocenters. The molecule has 2 aromatic rings. The van der Waals surface area contributed by atoms with E-state index < -0.39 is 11.9 Å². The first-order chi connectivity index (χ1) is 11.4. The number of hydrogen-bond donors (Lipinski definition) is 0. The Hall–Kier alpha value is -2.33. The van der Waals surface area contributed by atoms with Gasteiger partial charge in [0.25, 0.3) is 0 Å². The summed E-state index contributed by atoms with van der Waals surface area (Å²) in [7, 11) is 0. The zero-order valence-corrected chi connectivity index (χ0v) is 14.6. The maximum absolute atomic E-state index is 12.3. The molecule has 0 aliphatic rings. The van der Waals surface area contributed by atoms with Crippen LogP contribution < -0.4 is 4.74 Å². The van der Waals surface area contributed by atoms with Crippen LogP contribution in [0.5, 0.6) is 5.75 Å². The molecule has 0 fully saturated rings. The summed E-state index contributed by atoms with van der Waals surface area (Å²) < 4.78 is 10.5. The summed E-state index contributed by atoms with van der Waals surface area (Å²) in [6, 6.07) is 11.4. The summed E-state index contributed by atoms with van der Waals surface area (Å²) in [5.74, 6) is -0.520. The number of aryl methyl sites for hydroxylation is 1. The highest BCUT2D eigenvalue weighted by Gasteiger charge is 2.15. The van der Waals surface area contributed by atoms with Crippen molar-refractivity contribution in [3.63, 3.8) is 0 Å². The molecular formula is C19H19ClO4. The van der Waals surface area contributed by atoms with Crippen molar-refractivity contribution in [1.29, 1.82) is 0 Å². The Bertz CT molecular complexity index is 753. The van der Waals surface area contributed by atoms with Crippen molar-refractivity contribution in [1.82, 2.24) is 0 Å². The van der Waals surface area contributed by atoms with E-state index in [0.717, 1.165) is 5.56 Å². The molecule has 24 heavy (non-hydrogen) atoms. The monoisotopic (exact) mass is 346 g/mol. The third-order valence-corrected chi connectivity index (χ3v) is 3.48. The molecule has 0 spiro atoms. The van der Waals surface area contributed by atoms with Crippen LogP contribution in [0.25, 0.3) is 0 Å². The maximum Gasteiger partial charge on any atom is 0.343 e. The zero-order chi connectivity index (χ0) is 17.7. The first-order valence-electron chi connectivity index (χ1n) is 7.62. The van der Waals surface area contributed by atoms with E-state index in [4.69, 9.17) is 21.1 Å². The quantitative estimate of drug-likeness (QED) is 0.582. The Morgan fingerprint density at radius 2 is 1.71 bits per heavy atom. The largest absolute Gasteiger partial charge is 0.462 e. The van der Waals surface area contributed by atoms with Crippen LogP contribution in [0.4, 0.5) is 0 Å². The number of hydrogen-bond acceptors (Lipinski definition) is 4. The van der Waals surface area contributed by atoms with Gasteiger partial charge in [0, 0.05) is 0 Å². The first-order valence-corrected chi connectivity index (χ1v) is 8.00. The Balaban J connectivity index is 2.14. The van der Waals surface area contributed by atoms with Gasteiger partial charge in [0.05, 0.1) is 22.8 Å². The second-order valence-electron chi connectivity index (χ2n) is 5.90. The van der Waals surface area contributed by atoms with Crippen LogP contribution in [-0.2, 0) is 4.74 Å². The summed E-state index contributed by atoms with van der Waals surface area (Å²) in [6.07, 6.45) is 0. The van der Waals surface area contributed by atoms with Crippen LogP contribution in [0.3, 0.4) is 0 Å². The zero-order valence-electron chi connectivity index (χ0n) is 13.8. The fourth-order valence-corrected chi connectivity index (χ4v) is 2.10. The first kappa shape index (κ1) is 18.0. The maximum atomic E-state index is 12.3. The van der Waals surface area contributed by atoms with Gasteiger partial charge in [0.15, 0.2) is 0 Å². The molecule has 0 saturated heterocycles. The second kappa shape index (κ2) is 7.97. The van der Waals surface area contributed by atoms with E-state index in [1.165, 1.54) is 6.07 Å². The van der Waals surface area contributed by atoms with Crippen LogP contribution in [0.15, 0.2) is 42.5 Å². The lowest BCUT2D eigenvalue weighted by molar-refractivity contribution is 0.0459. The highest BCUT2D eigenvalue weighted by Crippen LogP contribution is 2.26. The molecule has 0 amide bonds. The third kappa shape index (κ3) is 4.83. The fourth-order valence-electron chi connectivity index (χ4n) is 1.95. The predicted molar refractivity (Wildman–Crippen MR) is 92.7 cm³/mol. The topological polar surface area (TPSA) is 52.6 Å². The number of carbonyl (C=O) groups excluding carboxylic acids is 2. The standard InChI is InChI=1S/C19H19ClO4/c1-12(2)11-23-18(21)14-5-4-6-15(10-14)19(22)24-17-9-13(3)7-8-16(17)20/h4-10,12H,11H2,1-3H3. The molecule has 126 valence electrons. The second-order valence-corrected chi connectivity index (χ2v) is 6.30. The van der Waals surface area contributed by atoms with Gasteiger partial charge in [-0.3, -0.25) is 0 Å². The molecule has 0 heterocycles. The van der Waals surface area contributed by atoms with E-state index in [1.807, 2.05) is 26.8 Å².